The van der Waals surface area contributed by atoms with Gasteiger partial charge in [0.15, 0.2) is 0 Å². The summed E-state index contributed by atoms with van der Waals surface area (Å²) in [6, 6.07) is 0. The Kier molecular flexibility index (Phi) is 3.76. The molecule has 0 aliphatic rings. The molecule has 1 unspecified atom stereocenters. The van der Waals surface area contributed by atoms with Gasteiger partial charge in [0, 0.05) is 5.03 Å². The van der Waals surface area contributed by atoms with Gasteiger partial charge in [-0.25, -0.2) is 0 Å². The predicted octanol–water partition coefficient (Wildman–Crippen LogP) is 1.90. The quantitative estimate of drug-likeness (QED) is 0.702. The molecular weight excluding hydrogens is 176 g/mol. The summed E-state index contributed by atoms with van der Waals surface area (Å²) in [6.45, 7) is 7.16. The zero-order chi connectivity index (χ0) is 9.99. The van der Waals surface area contributed by atoms with Crippen molar-refractivity contribution in [1.29, 1.82) is 0 Å². The third-order valence-electron chi connectivity index (χ3n) is 2.20. The Bertz CT molecular complexity index is 177. The standard InChI is InChI=1S/C9H17ClO2/c1-8(2,3)9(4,12)7(10)5-6-11/h5,11-12H,6H2,1-4H3/b7-5-. The summed E-state index contributed by atoms with van der Waals surface area (Å²) in [5.41, 5.74) is -1.42. The van der Waals surface area contributed by atoms with E-state index in [-0.39, 0.29) is 17.1 Å². The van der Waals surface area contributed by atoms with Crippen LogP contribution < -0.4 is 0 Å². The molecule has 72 valence electrons. The van der Waals surface area contributed by atoms with E-state index in [9.17, 15) is 5.11 Å². The van der Waals surface area contributed by atoms with Crippen LogP contribution in [0.2, 0.25) is 0 Å². The average molecular weight is 193 g/mol. The zero-order valence-electron chi connectivity index (χ0n) is 8.06. The van der Waals surface area contributed by atoms with Crippen LogP contribution in [0.15, 0.2) is 11.1 Å². The Morgan fingerprint density at radius 3 is 2.00 bits per heavy atom. The van der Waals surface area contributed by atoms with Gasteiger partial charge in [-0.2, -0.15) is 0 Å². The molecule has 1 atom stereocenters. The second-order valence-electron chi connectivity index (χ2n) is 4.06. The molecule has 0 aliphatic carbocycles. The van der Waals surface area contributed by atoms with Gasteiger partial charge in [-0.3, -0.25) is 0 Å². The summed E-state index contributed by atoms with van der Waals surface area (Å²) in [6.07, 6.45) is 1.41. The molecule has 0 bridgehead atoms. The molecule has 0 saturated heterocycles. The molecule has 0 aromatic heterocycles. The highest BCUT2D eigenvalue weighted by atomic mass is 35.5. The van der Waals surface area contributed by atoms with Gasteiger partial charge >= 0.3 is 0 Å². The molecule has 2 N–H and O–H groups in total. The van der Waals surface area contributed by atoms with Crippen LogP contribution in [0.5, 0.6) is 0 Å². The van der Waals surface area contributed by atoms with Gasteiger partial charge in [-0.1, -0.05) is 32.4 Å². The van der Waals surface area contributed by atoms with Crippen molar-refractivity contribution in [2.45, 2.75) is 33.3 Å². The van der Waals surface area contributed by atoms with E-state index < -0.39 is 5.60 Å². The Balaban J connectivity index is 4.73. The highest BCUT2D eigenvalue weighted by Crippen LogP contribution is 2.37. The third kappa shape index (κ3) is 2.47. The first kappa shape index (κ1) is 11.9. The minimum absolute atomic E-state index is 0.148. The van der Waals surface area contributed by atoms with E-state index in [0.29, 0.717) is 0 Å². The fourth-order valence-corrected chi connectivity index (χ4v) is 0.990. The van der Waals surface area contributed by atoms with E-state index >= 15 is 0 Å². The monoisotopic (exact) mass is 192 g/mol. The van der Waals surface area contributed by atoms with Crippen molar-refractivity contribution in [2.24, 2.45) is 5.41 Å². The lowest BCUT2D eigenvalue weighted by Crippen LogP contribution is -2.40. The van der Waals surface area contributed by atoms with Gasteiger partial charge in [0.1, 0.15) is 5.60 Å². The number of hydrogen-bond acceptors (Lipinski definition) is 2. The summed E-state index contributed by atoms with van der Waals surface area (Å²) >= 11 is 5.81. The SMILES string of the molecule is CC(C)(C)C(C)(O)/C(Cl)=C/CO. The van der Waals surface area contributed by atoms with E-state index in [2.05, 4.69) is 0 Å². The van der Waals surface area contributed by atoms with Crippen molar-refractivity contribution < 1.29 is 10.2 Å². The van der Waals surface area contributed by atoms with Crippen molar-refractivity contribution >= 4 is 11.6 Å². The maximum atomic E-state index is 9.94. The molecule has 0 aromatic carbocycles. The lowest BCUT2D eigenvalue weighted by Gasteiger charge is -2.36. The zero-order valence-corrected chi connectivity index (χ0v) is 8.81. The van der Waals surface area contributed by atoms with E-state index in [1.54, 1.807) is 6.92 Å². The summed E-state index contributed by atoms with van der Waals surface area (Å²) in [5, 5.41) is 18.8. The molecule has 0 amide bonds. The Morgan fingerprint density at radius 1 is 1.33 bits per heavy atom. The average Bonchev–Trinajstić information content (AvgIpc) is 1.85. The largest absolute Gasteiger partial charge is 0.392 e. The molecule has 0 aromatic rings. The predicted molar refractivity (Wildman–Crippen MR) is 51.1 cm³/mol. The van der Waals surface area contributed by atoms with Crippen LogP contribution in [0.3, 0.4) is 0 Å². The van der Waals surface area contributed by atoms with Crippen molar-refractivity contribution in [3.05, 3.63) is 11.1 Å². The summed E-state index contributed by atoms with van der Waals surface area (Å²) in [7, 11) is 0. The molecule has 0 fully saturated rings. The Hall–Kier alpha value is -0.0500. The minimum atomic E-state index is -1.09. The number of hydrogen-bond donors (Lipinski definition) is 2. The van der Waals surface area contributed by atoms with Crippen LogP contribution in [-0.2, 0) is 0 Å². The highest BCUT2D eigenvalue weighted by Gasteiger charge is 2.37. The van der Waals surface area contributed by atoms with Gasteiger partial charge in [-0.15, -0.1) is 0 Å². The van der Waals surface area contributed by atoms with Crippen molar-refractivity contribution in [2.75, 3.05) is 6.61 Å². The lowest BCUT2D eigenvalue weighted by atomic mass is 9.77. The van der Waals surface area contributed by atoms with E-state index in [4.69, 9.17) is 16.7 Å². The van der Waals surface area contributed by atoms with Gasteiger partial charge in [0.2, 0.25) is 0 Å². The van der Waals surface area contributed by atoms with Gasteiger partial charge in [0.05, 0.1) is 6.61 Å². The van der Waals surface area contributed by atoms with E-state index in [0.717, 1.165) is 0 Å². The number of aliphatic hydroxyl groups excluding tert-OH is 1. The van der Waals surface area contributed by atoms with E-state index in [1.807, 2.05) is 20.8 Å². The van der Waals surface area contributed by atoms with Gasteiger partial charge in [-0.05, 0) is 18.4 Å². The second-order valence-corrected chi connectivity index (χ2v) is 4.46. The maximum absolute atomic E-state index is 9.94. The fraction of sp³-hybridized carbons (Fsp3) is 0.778. The van der Waals surface area contributed by atoms with Crippen LogP contribution in [0, 0.1) is 5.41 Å². The Labute approximate surface area is 78.9 Å². The molecule has 2 nitrogen and oxygen atoms in total. The molecule has 0 heterocycles. The van der Waals surface area contributed by atoms with Gasteiger partial charge < -0.3 is 10.2 Å². The molecule has 3 heteroatoms. The smallest absolute Gasteiger partial charge is 0.102 e. The lowest BCUT2D eigenvalue weighted by molar-refractivity contribution is -0.00118. The normalized spacial score (nSPS) is 19.1. The highest BCUT2D eigenvalue weighted by molar-refractivity contribution is 6.30. The summed E-state index contributed by atoms with van der Waals surface area (Å²) in [5.74, 6) is 0. The van der Waals surface area contributed by atoms with Crippen molar-refractivity contribution in [3.8, 4) is 0 Å². The first-order chi connectivity index (χ1) is 5.23. The van der Waals surface area contributed by atoms with Crippen molar-refractivity contribution in [1.82, 2.24) is 0 Å². The minimum Gasteiger partial charge on any atom is -0.392 e. The summed E-state index contributed by atoms with van der Waals surface area (Å²) in [4.78, 5) is 0. The Morgan fingerprint density at radius 2 is 1.75 bits per heavy atom. The fourth-order valence-electron chi connectivity index (χ4n) is 0.637. The van der Waals surface area contributed by atoms with Crippen LogP contribution in [-0.4, -0.2) is 22.4 Å². The van der Waals surface area contributed by atoms with Crippen molar-refractivity contribution in [3.63, 3.8) is 0 Å². The molecule has 0 spiro atoms. The third-order valence-corrected chi connectivity index (χ3v) is 2.72. The molecule has 0 saturated carbocycles. The van der Waals surface area contributed by atoms with E-state index in [1.165, 1.54) is 6.08 Å². The van der Waals surface area contributed by atoms with Crippen LogP contribution in [0.25, 0.3) is 0 Å². The van der Waals surface area contributed by atoms with Gasteiger partial charge in [0.25, 0.3) is 0 Å². The molecule has 12 heavy (non-hydrogen) atoms. The van der Waals surface area contributed by atoms with Crippen LogP contribution >= 0.6 is 11.6 Å². The molecule has 0 rings (SSSR count). The first-order valence-electron chi connectivity index (χ1n) is 3.93. The number of halogens is 1. The maximum Gasteiger partial charge on any atom is 0.102 e. The second kappa shape index (κ2) is 3.77. The van der Waals surface area contributed by atoms with Crippen LogP contribution in [0.1, 0.15) is 27.7 Å². The number of rotatable bonds is 2. The van der Waals surface area contributed by atoms with Crippen LogP contribution in [0.4, 0.5) is 0 Å². The summed E-state index contributed by atoms with van der Waals surface area (Å²) < 4.78 is 0. The molecule has 0 radical (unpaired) electrons. The first-order valence-corrected chi connectivity index (χ1v) is 4.30. The number of aliphatic hydroxyl groups is 2. The molecular formula is C9H17ClO2. The molecule has 0 aliphatic heterocycles. The topological polar surface area (TPSA) is 40.5 Å².